The molecular formula is C23H19BrClNO2S. The summed E-state index contributed by atoms with van der Waals surface area (Å²) in [6.45, 7) is 2.57. The maximum Gasteiger partial charge on any atom is 0.238 e. The normalized spacial score (nSPS) is 16.3. The molecule has 148 valence electrons. The molecule has 0 saturated carbocycles. The highest BCUT2D eigenvalue weighted by Crippen LogP contribution is 2.43. The van der Waals surface area contributed by atoms with Crippen LogP contribution in [0, 0.1) is 6.92 Å². The number of halogens is 2. The van der Waals surface area contributed by atoms with Crippen LogP contribution in [0.15, 0.2) is 71.2 Å². The van der Waals surface area contributed by atoms with Gasteiger partial charge in [0.1, 0.15) is 17.7 Å². The Balaban J connectivity index is 1.52. The Labute approximate surface area is 188 Å². The summed E-state index contributed by atoms with van der Waals surface area (Å²) in [5.41, 5.74) is 4.25. The van der Waals surface area contributed by atoms with Crippen LogP contribution in [-0.4, -0.2) is 11.7 Å². The van der Waals surface area contributed by atoms with Crippen LogP contribution in [0.2, 0.25) is 5.02 Å². The van der Waals surface area contributed by atoms with Gasteiger partial charge in [0.2, 0.25) is 5.91 Å². The minimum absolute atomic E-state index is 0.0777. The molecule has 0 N–H and O–H groups in total. The number of rotatable bonds is 5. The Morgan fingerprint density at radius 2 is 1.83 bits per heavy atom. The van der Waals surface area contributed by atoms with E-state index in [0.29, 0.717) is 17.4 Å². The molecule has 0 aromatic heterocycles. The summed E-state index contributed by atoms with van der Waals surface area (Å²) in [6.07, 6.45) is 0. The van der Waals surface area contributed by atoms with E-state index in [9.17, 15) is 4.79 Å². The molecule has 3 nitrogen and oxygen atoms in total. The average Bonchev–Trinajstić information content (AvgIpc) is 3.10. The third-order valence-electron chi connectivity index (χ3n) is 4.73. The van der Waals surface area contributed by atoms with Gasteiger partial charge < -0.3 is 4.74 Å². The molecule has 0 radical (unpaired) electrons. The molecule has 1 heterocycles. The molecule has 1 amide bonds. The number of hydrogen-bond acceptors (Lipinski definition) is 3. The number of thioether (sulfide) groups is 1. The van der Waals surface area contributed by atoms with E-state index in [1.54, 1.807) is 11.8 Å². The number of aryl methyl sites for hydroxylation is 1. The number of carbonyl (C=O) groups excluding carboxylic acids is 1. The van der Waals surface area contributed by atoms with Crippen molar-refractivity contribution in [2.45, 2.75) is 18.9 Å². The smallest absolute Gasteiger partial charge is 0.238 e. The zero-order chi connectivity index (χ0) is 20.4. The van der Waals surface area contributed by atoms with Gasteiger partial charge >= 0.3 is 0 Å². The van der Waals surface area contributed by atoms with Crippen LogP contribution in [-0.2, 0) is 11.4 Å². The lowest BCUT2D eigenvalue weighted by atomic mass is 10.1. The number of nitrogens with zero attached hydrogens (tertiary/aromatic N) is 1. The van der Waals surface area contributed by atoms with Crippen molar-refractivity contribution in [1.29, 1.82) is 0 Å². The number of benzene rings is 3. The lowest BCUT2D eigenvalue weighted by Gasteiger charge is -2.25. The van der Waals surface area contributed by atoms with Gasteiger partial charge in [0.15, 0.2) is 0 Å². The summed E-state index contributed by atoms with van der Waals surface area (Å²) in [7, 11) is 0. The van der Waals surface area contributed by atoms with E-state index in [1.165, 1.54) is 5.56 Å². The molecule has 0 spiro atoms. The first-order valence-electron chi connectivity index (χ1n) is 9.18. The van der Waals surface area contributed by atoms with Crippen molar-refractivity contribution < 1.29 is 9.53 Å². The van der Waals surface area contributed by atoms with Crippen molar-refractivity contribution in [2.24, 2.45) is 0 Å². The molecule has 1 fully saturated rings. The predicted octanol–water partition coefficient (Wildman–Crippen LogP) is 6.77. The Bertz CT molecular complexity index is 1020. The summed E-state index contributed by atoms with van der Waals surface area (Å²) in [6, 6.07) is 21.7. The Morgan fingerprint density at radius 1 is 1.10 bits per heavy atom. The number of anilines is 1. The molecule has 6 heteroatoms. The van der Waals surface area contributed by atoms with E-state index in [2.05, 4.69) is 47.1 Å². The monoisotopic (exact) mass is 487 g/mol. The van der Waals surface area contributed by atoms with Gasteiger partial charge in [-0.25, -0.2) is 0 Å². The molecule has 29 heavy (non-hydrogen) atoms. The molecule has 1 saturated heterocycles. The summed E-state index contributed by atoms with van der Waals surface area (Å²) < 4.78 is 6.85. The van der Waals surface area contributed by atoms with E-state index >= 15 is 0 Å². The third-order valence-corrected chi connectivity index (χ3v) is 6.81. The maximum absolute atomic E-state index is 12.5. The summed E-state index contributed by atoms with van der Waals surface area (Å²) in [5.74, 6) is 1.33. The lowest BCUT2D eigenvalue weighted by Crippen LogP contribution is -2.27. The molecule has 3 aromatic rings. The largest absolute Gasteiger partial charge is 0.488 e. The first kappa shape index (κ1) is 20.3. The molecule has 4 rings (SSSR count). The van der Waals surface area contributed by atoms with Crippen LogP contribution in [0.3, 0.4) is 0 Å². The van der Waals surface area contributed by atoms with Crippen molar-refractivity contribution in [1.82, 2.24) is 0 Å². The molecule has 1 atom stereocenters. The van der Waals surface area contributed by atoms with E-state index in [0.717, 1.165) is 27.0 Å². The van der Waals surface area contributed by atoms with Crippen LogP contribution in [0.5, 0.6) is 5.75 Å². The van der Waals surface area contributed by atoms with Gasteiger partial charge in [-0.3, -0.25) is 9.69 Å². The molecule has 0 aliphatic carbocycles. The summed E-state index contributed by atoms with van der Waals surface area (Å²) >= 11 is 11.2. The SMILES string of the molecule is Cc1ccc(COc2ccc([C@@H]3SCC(=O)N3c3ccc(Cl)cc3)cc2Br)cc1. The van der Waals surface area contributed by atoms with Crippen LogP contribution >= 0.6 is 39.3 Å². The van der Waals surface area contributed by atoms with E-state index in [1.807, 2.05) is 47.4 Å². The zero-order valence-electron chi connectivity index (χ0n) is 15.8. The van der Waals surface area contributed by atoms with E-state index in [4.69, 9.17) is 16.3 Å². The molecule has 1 aliphatic rings. The molecular weight excluding hydrogens is 470 g/mol. The second-order valence-corrected chi connectivity index (χ2v) is 9.23. The topological polar surface area (TPSA) is 29.5 Å². The Hall–Kier alpha value is -1.95. The average molecular weight is 489 g/mol. The second-order valence-electron chi connectivity index (χ2n) is 6.87. The summed E-state index contributed by atoms with van der Waals surface area (Å²) in [4.78, 5) is 14.3. The lowest BCUT2D eigenvalue weighted by molar-refractivity contribution is -0.115. The van der Waals surface area contributed by atoms with Crippen LogP contribution in [0.4, 0.5) is 5.69 Å². The van der Waals surface area contributed by atoms with Crippen LogP contribution < -0.4 is 9.64 Å². The minimum atomic E-state index is -0.0777. The Kier molecular flexibility index (Phi) is 6.18. The van der Waals surface area contributed by atoms with Crippen molar-refractivity contribution in [3.63, 3.8) is 0 Å². The Morgan fingerprint density at radius 3 is 2.52 bits per heavy atom. The highest BCUT2D eigenvalue weighted by Gasteiger charge is 2.34. The predicted molar refractivity (Wildman–Crippen MR) is 124 cm³/mol. The fourth-order valence-electron chi connectivity index (χ4n) is 3.18. The summed E-state index contributed by atoms with van der Waals surface area (Å²) in [5, 5.41) is 0.577. The molecule has 0 bridgehead atoms. The van der Waals surface area contributed by atoms with E-state index < -0.39 is 0 Å². The van der Waals surface area contributed by atoms with Crippen molar-refractivity contribution >= 4 is 50.9 Å². The van der Waals surface area contributed by atoms with Gasteiger partial charge in [-0.1, -0.05) is 47.5 Å². The van der Waals surface area contributed by atoms with Crippen molar-refractivity contribution in [3.05, 3.63) is 92.9 Å². The van der Waals surface area contributed by atoms with Crippen molar-refractivity contribution in [3.8, 4) is 5.75 Å². The van der Waals surface area contributed by atoms with Gasteiger partial charge in [0, 0.05) is 10.7 Å². The van der Waals surface area contributed by atoms with Crippen molar-refractivity contribution in [2.75, 3.05) is 10.7 Å². The van der Waals surface area contributed by atoms with Gasteiger partial charge in [0.25, 0.3) is 0 Å². The fraction of sp³-hybridized carbons (Fsp3) is 0.174. The number of ether oxygens (including phenoxy) is 1. The highest BCUT2D eigenvalue weighted by molar-refractivity contribution is 9.10. The van der Waals surface area contributed by atoms with Gasteiger partial charge in [-0.2, -0.15) is 0 Å². The van der Waals surface area contributed by atoms with Gasteiger partial charge in [0.05, 0.1) is 10.2 Å². The molecule has 1 aliphatic heterocycles. The fourth-order valence-corrected chi connectivity index (χ4v) is 4.99. The number of hydrogen-bond donors (Lipinski definition) is 0. The third kappa shape index (κ3) is 4.63. The zero-order valence-corrected chi connectivity index (χ0v) is 18.9. The minimum Gasteiger partial charge on any atom is -0.488 e. The number of carbonyl (C=O) groups is 1. The van der Waals surface area contributed by atoms with Gasteiger partial charge in [-0.15, -0.1) is 11.8 Å². The van der Waals surface area contributed by atoms with E-state index in [-0.39, 0.29) is 11.3 Å². The van der Waals surface area contributed by atoms with Crippen LogP contribution in [0.25, 0.3) is 0 Å². The standard InChI is InChI=1S/C23H19BrClNO2S/c1-15-2-4-16(5-3-15)13-28-21-11-6-17(12-20(21)24)23-26(22(27)14-29-23)19-9-7-18(25)8-10-19/h2-12,23H,13-14H2,1H3/t23-/m0/s1. The molecule has 0 unspecified atom stereocenters. The second kappa shape index (κ2) is 8.82. The quantitative estimate of drug-likeness (QED) is 0.397. The first-order valence-corrected chi connectivity index (χ1v) is 11.4. The van der Waals surface area contributed by atoms with Gasteiger partial charge in [-0.05, 0) is 70.4 Å². The highest BCUT2D eigenvalue weighted by atomic mass is 79.9. The maximum atomic E-state index is 12.5. The first-order chi connectivity index (χ1) is 14.0. The van der Waals surface area contributed by atoms with Crippen LogP contribution in [0.1, 0.15) is 22.1 Å². The molecule has 3 aromatic carbocycles. The number of amides is 1.